The number of halogens is 2. The molecule has 0 aromatic heterocycles. The maximum atomic E-state index is 12.1. The van der Waals surface area contributed by atoms with Gasteiger partial charge in [0.2, 0.25) is 0 Å². The lowest BCUT2D eigenvalue weighted by Crippen LogP contribution is -2.20. The highest BCUT2D eigenvalue weighted by Gasteiger charge is 2.23. The number of benzene rings is 2. The Morgan fingerprint density at radius 2 is 1.46 bits per heavy atom. The second-order valence-electron chi connectivity index (χ2n) is 6.68. The lowest BCUT2D eigenvalue weighted by molar-refractivity contribution is 0.125. The summed E-state index contributed by atoms with van der Waals surface area (Å²) >= 11 is 5.56. The van der Waals surface area contributed by atoms with Gasteiger partial charge in [-0.1, -0.05) is 38.1 Å². The van der Waals surface area contributed by atoms with Crippen LogP contribution < -0.4 is 9.47 Å². The smallest absolute Gasteiger partial charge is 0.119 e. The molecule has 0 aliphatic heterocycles. The molecule has 0 aliphatic rings. The minimum Gasteiger partial charge on any atom is -0.494 e. The molecular formula is C21H26ClFO3. The zero-order valence-corrected chi connectivity index (χ0v) is 16.0. The van der Waals surface area contributed by atoms with Crippen molar-refractivity contribution in [1.29, 1.82) is 0 Å². The Balaban J connectivity index is 2.04. The molecule has 0 amide bonds. The van der Waals surface area contributed by atoms with Gasteiger partial charge in [-0.25, -0.2) is 0 Å². The van der Waals surface area contributed by atoms with E-state index in [4.69, 9.17) is 21.1 Å². The van der Waals surface area contributed by atoms with Crippen molar-refractivity contribution < 1.29 is 19.0 Å². The van der Waals surface area contributed by atoms with Crippen molar-refractivity contribution in [3.63, 3.8) is 0 Å². The molecule has 0 aliphatic carbocycles. The summed E-state index contributed by atoms with van der Waals surface area (Å²) in [4.78, 5) is 0. The summed E-state index contributed by atoms with van der Waals surface area (Å²) in [5.74, 6) is 1.60. The molecule has 3 nitrogen and oxygen atoms in total. The van der Waals surface area contributed by atoms with Gasteiger partial charge in [0.05, 0.1) is 19.2 Å². The standard InChI is InChI=1S/C21H26ClFO3/c1-21(2,16-4-8-19(9-5-16)25-13-3-12-23)17-6-10-20(11-7-17)26-15-18(24)14-22/h4-11,18,24H,3,12-15H2,1-2H3/t18-/m0/s1. The second-order valence-corrected chi connectivity index (χ2v) is 6.99. The molecule has 0 bridgehead atoms. The van der Waals surface area contributed by atoms with E-state index in [0.29, 0.717) is 18.8 Å². The maximum absolute atomic E-state index is 12.1. The van der Waals surface area contributed by atoms with Crippen LogP contribution in [-0.2, 0) is 5.41 Å². The molecule has 1 atom stereocenters. The summed E-state index contributed by atoms with van der Waals surface area (Å²) in [5, 5.41) is 9.46. The fourth-order valence-corrected chi connectivity index (χ4v) is 2.67. The second kappa shape index (κ2) is 9.79. The molecule has 1 N–H and O–H groups in total. The molecule has 0 fully saturated rings. The zero-order chi connectivity index (χ0) is 19.0. The molecule has 2 aromatic rings. The molecule has 26 heavy (non-hydrogen) atoms. The molecule has 142 valence electrons. The van der Waals surface area contributed by atoms with Crippen molar-refractivity contribution in [2.75, 3.05) is 25.8 Å². The number of alkyl halides is 2. The Morgan fingerprint density at radius 1 is 0.962 bits per heavy atom. The van der Waals surface area contributed by atoms with Gasteiger partial charge >= 0.3 is 0 Å². The van der Waals surface area contributed by atoms with Crippen LogP contribution in [0.25, 0.3) is 0 Å². The fraction of sp³-hybridized carbons (Fsp3) is 0.429. The summed E-state index contributed by atoms with van der Waals surface area (Å²) in [5.41, 5.74) is 2.11. The van der Waals surface area contributed by atoms with Crippen LogP contribution in [0.2, 0.25) is 0 Å². The maximum Gasteiger partial charge on any atom is 0.119 e. The molecule has 0 saturated carbocycles. The minimum atomic E-state index is -0.668. The first-order valence-electron chi connectivity index (χ1n) is 8.74. The highest BCUT2D eigenvalue weighted by atomic mass is 35.5. The van der Waals surface area contributed by atoms with Crippen molar-refractivity contribution in [2.24, 2.45) is 0 Å². The van der Waals surface area contributed by atoms with Crippen molar-refractivity contribution in [3.05, 3.63) is 59.7 Å². The molecule has 2 aromatic carbocycles. The van der Waals surface area contributed by atoms with Crippen molar-refractivity contribution in [1.82, 2.24) is 0 Å². The number of rotatable bonds is 10. The quantitative estimate of drug-likeness (QED) is 0.478. The van der Waals surface area contributed by atoms with Gasteiger partial charge in [0.15, 0.2) is 0 Å². The van der Waals surface area contributed by atoms with E-state index in [-0.39, 0.29) is 24.6 Å². The number of aliphatic hydroxyl groups excluding tert-OH is 1. The SMILES string of the molecule is CC(C)(c1ccc(OCCCF)cc1)c1ccc(OC[C@@H](O)CCl)cc1. The number of aliphatic hydroxyl groups is 1. The van der Waals surface area contributed by atoms with Crippen molar-refractivity contribution in [3.8, 4) is 11.5 Å². The predicted octanol–water partition coefficient (Wildman–Crippen LogP) is 4.73. The van der Waals surface area contributed by atoms with Gasteiger partial charge < -0.3 is 14.6 Å². The molecule has 2 rings (SSSR count). The van der Waals surface area contributed by atoms with Crippen LogP contribution >= 0.6 is 11.6 Å². The predicted molar refractivity (Wildman–Crippen MR) is 103 cm³/mol. The van der Waals surface area contributed by atoms with E-state index in [1.54, 1.807) is 0 Å². The normalized spacial score (nSPS) is 12.7. The van der Waals surface area contributed by atoms with Gasteiger partial charge in [0.25, 0.3) is 0 Å². The Morgan fingerprint density at radius 3 is 1.92 bits per heavy atom. The van der Waals surface area contributed by atoms with E-state index in [1.807, 2.05) is 48.5 Å². The summed E-state index contributed by atoms with van der Waals surface area (Å²) in [6, 6.07) is 15.7. The lowest BCUT2D eigenvalue weighted by Gasteiger charge is -2.26. The Hall–Kier alpha value is -1.78. The summed E-state index contributed by atoms with van der Waals surface area (Å²) in [6.45, 7) is 4.50. The Labute approximate surface area is 159 Å². The number of ether oxygens (including phenoxy) is 2. The molecule has 0 heterocycles. The van der Waals surface area contributed by atoms with Crippen LogP contribution in [0.3, 0.4) is 0 Å². The van der Waals surface area contributed by atoms with E-state index in [0.717, 1.165) is 16.9 Å². The van der Waals surface area contributed by atoms with Crippen molar-refractivity contribution >= 4 is 11.6 Å². The average Bonchev–Trinajstić information content (AvgIpc) is 2.67. The van der Waals surface area contributed by atoms with E-state index in [9.17, 15) is 9.50 Å². The van der Waals surface area contributed by atoms with Crippen LogP contribution in [0.4, 0.5) is 4.39 Å². The summed E-state index contributed by atoms with van der Waals surface area (Å²) in [7, 11) is 0. The van der Waals surface area contributed by atoms with Crippen LogP contribution in [0.1, 0.15) is 31.4 Å². The molecule has 0 radical (unpaired) electrons. The number of hydrogen-bond acceptors (Lipinski definition) is 3. The van der Waals surface area contributed by atoms with Crippen LogP contribution in [0.15, 0.2) is 48.5 Å². The highest BCUT2D eigenvalue weighted by Crippen LogP contribution is 2.33. The molecule has 0 spiro atoms. The Kier molecular flexibility index (Phi) is 7.73. The first kappa shape index (κ1) is 20.5. The van der Waals surface area contributed by atoms with Crippen LogP contribution in [-0.4, -0.2) is 37.0 Å². The molecule has 5 heteroatoms. The summed E-state index contributed by atoms with van der Waals surface area (Å²) < 4.78 is 23.2. The van der Waals surface area contributed by atoms with E-state index < -0.39 is 6.10 Å². The first-order chi connectivity index (χ1) is 12.5. The third kappa shape index (κ3) is 5.61. The Bertz CT molecular complexity index is 656. The lowest BCUT2D eigenvalue weighted by atomic mass is 9.78. The van der Waals surface area contributed by atoms with Gasteiger partial charge in [0.1, 0.15) is 24.2 Å². The van der Waals surface area contributed by atoms with Gasteiger partial charge in [-0.15, -0.1) is 11.6 Å². The van der Waals surface area contributed by atoms with Crippen molar-refractivity contribution in [2.45, 2.75) is 31.8 Å². The molecule has 0 unspecified atom stereocenters. The minimum absolute atomic E-state index is 0.151. The van der Waals surface area contributed by atoms with Gasteiger partial charge in [-0.2, -0.15) is 0 Å². The largest absolute Gasteiger partial charge is 0.494 e. The first-order valence-corrected chi connectivity index (χ1v) is 9.27. The van der Waals surface area contributed by atoms with Gasteiger partial charge in [-0.3, -0.25) is 4.39 Å². The monoisotopic (exact) mass is 380 g/mol. The van der Waals surface area contributed by atoms with Crippen LogP contribution in [0, 0.1) is 0 Å². The zero-order valence-electron chi connectivity index (χ0n) is 15.3. The third-order valence-electron chi connectivity index (χ3n) is 4.32. The summed E-state index contributed by atoms with van der Waals surface area (Å²) in [6.07, 6.45) is -0.262. The van der Waals surface area contributed by atoms with E-state index in [1.165, 1.54) is 0 Å². The number of hydrogen-bond donors (Lipinski definition) is 1. The average molecular weight is 381 g/mol. The van der Waals surface area contributed by atoms with Crippen LogP contribution in [0.5, 0.6) is 11.5 Å². The van der Waals surface area contributed by atoms with Gasteiger partial charge in [-0.05, 0) is 35.4 Å². The van der Waals surface area contributed by atoms with E-state index >= 15 is 0 Å². The molecule has 0 saturated heterocycles. The fourth-order valence-electron chi connectivity index (χ4n) is 2.58. The van der Waals surface area contributed by atoms with E-state index in [2.05, 4.69) is 13.8 Å². The third-order valence-corrected chi connectivity index (χ3v) is 4.68. The topological polar surface area (TPSA) is 38.7 Å². The van der Waals surface area contributed by atoms with Gasteiger partial charge in [0, 0.05) is 11.8 Å². The molecular weight excluding hydrogens is 355 g/mol. The highest BCUT2D eigenvalue weighted by molar-refractivity contribution is 6.18.